The molecule has 0 spiro atoms. The summed E-state index contributed by atoms with van der Waals surface area (Å²) >= 11 is 0. The topological polar surface area (TPSA) is 81.1 Å². The standard InChI is InChI=1S/C19H26FNO2.C18H24FNO2/c1-19(2,3)14-7-4-12(5-8-14)10-21-11-13-6-9-15(22)17(20)16(13)18(21)23;1-11(2)13-5-3-12(4-6-13)9-20-10-14-7-8-15(21)17(19)16(14)18(20)22/h6,9,12,14,22H,4-5,7-8,10-11H2,1-3H3;7-8,11-13,21H,3-6,9-10H2,1-2H3. The van der Waals surface area contributed by atoms with Gasteiger partial charge in [-0.25, -0.2) is 8.78 Å². The first-order chi connectivity index (χ1) is 21.2. The molecule has 2 aromatic carbocycles. The van der Waals surface area contributed by atoms with E-state index in [1.165, 1.54) is 37.8 Å². The fraction of sp³-hybridized carbons (Fsp3) is 0.622. The number of fused-ring (bicyclic) bond motifs is 2. The second-order valence-corrected chi connectivity index (χ2v) is 15.3. The van der Waals surface area contributed by atoms with Crippen LogP contribution in [0.1, 0.15) is 118 Å². The maximum atomic E-state index is 14.0. The zero-order chi connectivity index (χ0) is 32.6. The maximum absolute atomic E-state index is 14.0. The molecule has 6 rings (SSSR count). The van der Waals surface area contributed by atoms with Crippen LogP contribution in [0.5, 0.6) is 11.5 Å². The van der Waals surface area contributed by atoms with Crippen LogP contribution in [0.25, 0.3) is 0 Å². The van der Waals surface area contributed by atoms with Gasteiger partial charge in [-0.3, -0.25) is 9.59 Å². The number of aromatic hydroxyl groups is 2. The van der Waals surface area contributed by atoms with Crippen LogP contribution in [0.4, 0.5) is 8.78 Å². The van der Waals surface area contributed by atoms with Crippen molar-refractivity contribution >= 4 is 11.8 Å². The van der Waals surface area contributed by atoms with Gasteiger partial charge in [0.1, 0.15) is 0 Å². The van der Waals surface area contributed by atoms with Gasteiger partial charge < -0.3 is 20.0 Å². The van der Waals surface area contributed by atoms with E-state index in [4.69, 9.17) is 0 Å². The van der Waals surface area contributed by atoms with Crippen molar-refractivity contribution in [3.8, 4) is 11.5 Å². The number of phenols is 2. The third-order valence-corrected chi connectivity index (χ3v) is 11.0. The first-order valence-electron chi connectivity index (χ1n) is 16.8. The molecule has 6 nitrogen and oxygen atoms in total. The zero-order valence-electron chi connectivity index (χ0n) is 27.5. The van der Waals surface area contributed by atoms with Crippen LogP contribution in [0.3, 0.4) is 0 Å². The molecule has 45 heavy (non-hydrogen) atoms. The Morgan fingerprint density at radius 2 is 1.11 bits per heavy atom. The van der Waals surface area contributed by atoms with E-state index in [1.807, 2.05) is 0 Å². The van der Waals surface area contributed by atoms with Crippen LogP contribution in [0.2, 0.25) is 0 Å². The van der Waals surface area contributed by atoms with Gasteiger partial charge in [-0.2, -0.15) is 0 Å². The average Bonchev–Trinajstić information content (AvgIpc) is 3.49. The van der Waals surface area contributed by atoms with Crippen molar-refractivity contribution in [2.45, 2.75) is 99.1 Å². The molecular weight excluding hydrogens is 574 g/mol. The molecule has 2 saturated carbocycles. The third-order valence-electron chi connectivity index (χ3n) is 11.0. The minimum absolute atomic E-state index is 0.0633. The summed E-state index contributed by atoms with van der Waals surface area (Å²) in [4.78, 5) is 28.3. The van der Waals surface area contributed by atoms with Crippen molar-refractivity contribution < 1.29 is 28.6 Å². The highest BCUT2D eigenvalue weighted by molar-refractivity contribution is 5.99. The van der Waals surface area contributed by atoms with Crippen LogP contribution in [-0.2, 0) is 13.1 Å². The predicted octanol–water partition coefficient (Wildman–Crippen LogP) is 8.29. The van der Waals surface area contributed by atoms with Gasteiger partial charge in [0.25, 0.3) is 11.8 Å². The zero-order valence-corrected chi connectivity index (χ0v) is 27.5. The minimum atomic E-state index is -0.772. The fourth-order valence-electron chi connectivity index (χ4n) is 7.97. The van der Waals surface area contributed by atoms with Gasteiger partial charge in [0, 0.05) is 26.2 Å². The quantitative estimate of drug-likeness (QED) is 0.351. The molecule has 0 saturated heterocycles. The van der Waals surface area contributed by atoms with E-state index in [0.717, 1.165) is 43.4 Å². The van der Waals surface area contributed by atoms with Crippen LogP contribution in [0.15, 0.2) is 24.3 Å². The predicted molar refractivity (Wildman–Crippen MR) is 171 cm³/mol. The second kappa shape index (κ2) is 13.3. The van der Waals surface area contributed by atoms with Gasteiger partial charge in [0.05, 0.1) is 11.1 Å². The van der Waals surface area contributed by atoms with Gasteiger partial charge >= 0.3 is 0 Å². The summed E-state index contributed by atoms with van der Waals surface area (Å²) in [5, 5.41) is 18.9. The molecule has 4 aliphatic rings. The first-order valence-corrected chi connectivity index (χ1v) is 16.8. The molecule has 2 N–H and O–H groups in total. The summed E-state index contributed by atoms with van der Waals surface area (Å²) < 4.78 is 27.9. The van der Waals surface area contributed by atoms with Gasteiger partial charge in [0.15, 0.2) is 23.1 Å². The Bertz CT molecular complexity index is 1400. The lowest BCUT2D eigenvalue weighted by molar-refractivity contribution is 0.0698. The number of halogens is 2. The Morgan fingerprint density at radius 1 is 0.711 bits per heavy atom. The van der Waals surface area contributed by atoms with Crippen LogP contribution in [-0.4, -0.2) is 44.9 Å². The smallest absolute Gasteiger partial charge is 0.257 e. The number of amides is 2. The Morgan fingerprint density at radius 3 is 1.49 bits per heavy atom. The molecule has 8 heteroatoms. The summed E-state index contributed by atoms with van der Waals surface area (Å²) in [5.74, 6) is 0.345. The number of hydrogen-bond donors (Lipinski definition) is 2. The first kappa shape index (κ1) is 33.2. The number of rotatable bonds is 5. The molecule has 0 atom stereocenters. The van der Waals surface area contributed by atoms with E-state index in [9.17, 15) is 28.6 Å². The number of phenolic OH excluding ortho intramolecular Hbond substituents is 2. The molecule has 0 bridgehead atoms. The highest BCUT2D eigenvalue weighted by atomic mass is 19.1. The van der Waals surface area contributed by atoms with Crippen LogP contribution < -0.4 is 0 Å². The lowest BCUT2D eigenvalue weighted by Gasteiger charge is -2.38. The Labute approximate surface area is 266 Å². The number of hydrogen-bond acceptors (Lipinski definition) is 4. The van der Waals surface area contributed by atoms with Gasteiger partial charge in [-0.15, -0.1) is 0 Å². The maximum Gasteiger partial charge on any atom is 0.257 e. The second-order valence-electron chi connectivity index (χ2n) is 15.3. The highest BCUT2D eigenvalue weighted by Gasteiger charge is 2.36. The summed E-state index contributed by atoms with van der Waals surface area (Å²) in [5.41, 5.74) is 1.86. The van der Waals surface area contributed by atoms with Crippen molar-refractivity contribution in [3.63, 3.8) is 0 Å². The van der Waals surface area contributed by atoms with E-state index in [1.54, 1.807) is 21.9 Å². The molecule has 2 amide bonds. The molecule has 246 valence electrons. The molecule has 2 aliphatic carbocycles. The number of benzene rings is 2. The van der Waals surface area contributed by atoms with Crippen molar-refractivity contribution in [2.24, 2.45) is 35.0 Å². The Balaban J connectivity index is 0.000000178. The number of carbonyl (C=O) groups excluding carboxylic acids is 2. The summed E-state index contributed by atoms with van der Waals surface area (Å²) in [6.07, 6.45) is 9.44. The van der Waals surface area contributed by atoms with Gasteiger partial charge in [-0.05, 0) is 110 Å². The molecule has 2 fully saturated rings. The van der Waals surface area contributed by atoms with E-state index in [2.05, 4.69) is 34.6 Å². The summed E-state index contributed by atoms with van der Waals surface area (Å²) in [7, 11) is 0. The largest absolute Gasteiger partial charge is 0.505 e. The SMILES string of the molecule is CC(C)(C)C1CCC(CN2Cc3ccc(O)c(F)c3C2=O)CC1.CC(C)C1CCC(CN2Cc3ccc(O)c(F)c3C2=O)CC1. The molecule has 2 aromatic rings. The average molecular weight is 625 g/mol. The van der Waals surface area contributed by atoms with E-state index in [0.29, 0.717) is 54.6 Å². The van der Waals surface area contributed by atoms with Crippen molar-refractivity contribution in [3.05, 3.63) is 58.2 Å². The van der Waals surface area contributed by atoms with Gasteiger partial charge in [-0.1, -0.05) is 46.8 Å². The molecular formula is C37H50F2N2O4. The Kier molecular flexibility index (Phi) is 9.81. The summed E-state index contributed by atoms with van der Waals surface area (Å²) in [6, 6.07) is 5.97. The van der Waals surface area contributed by atoms with Crippen molar-refractivity contribution in [1.29, 1.82) is 0 Å². The normalized spacial score (nSPS) is 24.9. The molecule has 2 aliphatic heterocycles. The summed E-state index contributed by atoms with van der Waals surface area (Å²) in [6.45, 7) is 13.8. The molecule has 0 radical (unpaired) electrons. The molecule has 0 unspecified atom stereocenters. The minimum Gasteiger partial charge on any atom is -0.505 e. The van der Waals surface area contributed by atoms with Gasteiger partial charge in [0.2, 0.25) is 0 Å². The lowest BCUT2D eigenvalue weighted by Crippen LogP contribution is -2.34. The number of nitrogens with zero attached hydrogens (tertiary/aromatic N) is 2. The fourth-order valence-corrected chi connectivity index (χ4v) is 7.97. The van der Waals surface area contributed by atoms with Crippen LogP contribution >= 0.6 is 0 Å². The Hall–Kier alpha value is -3.16. The monoisotopic (exact) mass is 624 g/mol. The van der Waals surface area contributed by atoms with E-state index < -0.39 is 23.1 Å². The van der Waals surface area contributed by atoms with E-state index in [-0.39, 0.29) is 22.9 Å². The number of carbonyl (C=O) groups is 2. The third kappa shape index (κ3) is 7.15. The highest BCUT2D eigenvalue weighted by Crippen LogP contribution is 2.41. The molecule has 2 heterocycles. The molecule has 0 aromatic heterocycles. The van der Waals surface area contributed by atoms with Crippen molar-refractivity contribution in [1.82, 2.24) is 9.80 Å². The van der Waals surface area contributed by atoms with Crippen molar-refractivity contribution in [2.75, 3.05) is 13.1 Å². The van der Waals surface area contributed by atoms with Crippen LogP contribution in [0, 0.1) is 46.6 Å². The van der Waals surface area contributed by atoms with E-state index >= 15 is 0 Å². The lowest BCUT2D eigenvalue weighted by atomic mass is 9.70.